The number of rotatable bonds is 5. The van der Waals surface area contributed by atoms with E-state index in [9.17, 15) is 14.0 Å². The van der Waals surface area contributed by atoms with Gasteiger partial charge in [0.2, 0.25) is 0 Å². The molecule has 0 aliphatic carbocycles. The van der Waals surface area contributed by atoms with E-state index in [1.807, 2.05) is 0 Å². The van der Waals surface area contributed by atoms with Gasteiger partial charge in [-0.1, -0.05) is 12.1 Å². The molecule has 0 heterocycles. The summed E-state index contributed by atoms with van der Waals surface area (Å²) in [7, 11) is 0. The molecule has 0 saturated heterocycles. The van der Waals surface area contributed by atoms with Crippen LogP contribution in [0.4, 0.5) is 4.39 Å². The van der Waals surface area contributed by atoms with Crippen molar-refractivity contribution in [3.05, 3.63) is 35.7 Å². The molecule has 0 bridgehead atoms. The monoisotopic (exact) mass is 254 g/mol. The Hall–Kier alpha value is -2.37. The van der Waals surface area contributed by atoms with Crippen LogP contribution in [-0.4, -0.2) is 28.3 Å². The normalized spacial score (nSPS) is 12.3. The van der Waals surface area contributed by atoms with Gasteiger partial charge in [-0.15, -0.1) is 0 Å². The number of hydrogen-bond donors (Lipinski definition) is 2. The average Bonchev–Trinajstić information content (AvgIpc) is 2.29. The smallest absolute Gasteiger partial charge is 0.344 e. The number of para-hydroxylation sites is 1. The lowest BCUT2D eigenvalue weighted by Crippen LogP contribution is -2.23. The number of ether oxygens (including phenoxy) is 1. The van der Waals surface area contributed by atoms with Crippen LogP contribution in [-0.2, 0) is 9.59 Å². The second kappa shape index (κ2) is 5.81. The number of hydrogen-bond acceptors (Lipinski definition) is 3. The van der Waals surface area contributed by atoms with E-state index in [4.69, 9.17) is 14.9 Å². The van der Waals surface area contributed by atoms with Crippen LogP contribution in [0.2, 0.25) is 0 Å². The fraction of sp³-hybridized carbons (Fsp3) is 0.167. The first-order chi connectivity index (χ1) is 8.41. The minimum absolute atomic E-state index is 0.158. The van der Waals surface area contributed by atoms with E-state index in [0.717, 1.165) is 18.2 Å². The zero-order valence-electron chi connectivity index (χ0n) is 9.46. The maximum absolute atomic E-state index is 13.5. The van der Waals surface area contributed by atoms with Crippen molar-refractivity contribution in [1.29, 1.82) is 0 Å². The van der Waals surface area contributed by atoms with Crippen molar-refractivity contribution in [3.8, 4) is 5.75 Å². The topological polar surface area (TPSA) is 83.8 Å². The number of halogens is 1. The number of aliphatic carboxylic acids is 2. The van der Waals surface area contributed by atoms with Gasteiger partial charge in [-0.25, -0.2) is 14.0 Å². The van der Waals surface area contributed by atoms with Gasteiger partial charge in [0.05, 0.1) is 0 Å². The minimum Gasteiger partial charge on any atom is -0.479 e. The first-order valence-electron chi connectivity index (χ1n) is 5.00. The summed E-state index contributed by atoms with van der Waals surface area (Å²) in [6, 6.07) is 3.89. The third kappa shape index (κ3) is 3.58. The van der Waals surface area contributed by atoms with E-state index < -0.39 is 23.9 Å². The summed E-state index contributed by atoms with van der Waals surface area (Å²) < 4.78 is 18.5. The molecule has 6 heteroatoms. The zero-order valence-corrected chi connectivity index (χ0v) is 9.46. The fourth-order valence-corrected chi connectivity index (χ4v) is 1.17. The van der Waals surface area contributed by atoms with E-state index >= 15 is 0 Å². The number of carboxylic acids is 2. The summed E-state index contributed by atoms with van der Waals surface area (Å²) in [5.74, 6) is -3.48. The molecule has 0 aliphatic rings. The van der Waals surface area contributed by atoms with Crippen LogP contribution in [0.1, 0.15) is 12.5 Å². The molecule has 0 aliphatic heterocycles. The Bertz CT molecular complexity index is 495. The van der Waals surface area contributed by atoms with Crippen molar-refractivity contribution in [3.63, 3.8) is 0 Å². The molecule has 1 aromatic carbocycles. The molecule has 1 rings (SSSR count). The van der Waals surface area contributed by atoms with Gasteiger partial charge in [0.1, 0.15) is 0 Å². The van der Waals surface area contributed by atoms with Crippen molar-refractivity contribution in [2.45, 2.75) is 13.0 Å². The van der Waals surface area contributed by atoms with Crippen molar-refractivity contribution in [1.82, 2.24) is 0 Å². The molecular formula is C12H11FO5. The van der Waals surface area contributed by atoms with Gasteiger partial charge in [0.25, 0.3) is 0 Å². The van der Waals surface area contributed by atoms with Gasteiger partial charge >= 0.3 is 11.9 Å². The maximum Gasteiger partial charge on any atom is 0.344 e. The lowest BCUT2D eigenvalue weighted by atomic mass is 10.1. The van der Waals surface area contributed by atoms with Crippen molar-refractivity contribution >= 4 is 18.0 Å². The molecular weight excluding hydrogens is 243 g/mol. The van der Waals surface area contributed by atoms with Gasteiger partial charge in [-0.05, 0) is 19.1 Å². The van der Waals surface area contributed by atoms with Crippen LogP contribution in [0.15, 0.2) is 24.3 Å². The molecule has 0 spiro atoms. The molecule has 2 N–H and O–H groups in total. The highest BCUT2D eigenvalue weighted by molar-refractivity contribution is 5.86. The van der Waals surface area contributed by atoms with Gasteiger partial charge in [0.15, 0.2) is 17.7 Å². The molecule has 1 atom stereocenters. The summed E-state index contributed by atoms with van der Waals surface area (Å²) in [5, 5.41) is 17.2. The summed E-state index contributed by atoms with van der Waals surface area (Å²) >= 11 is 0. The van der Waals surface area contributed by atoms with Crippen molar-refractivity contribution in [2.75, 3.05) is 0 Å². The molecule has 0 aromatic heterocycles. The Kier molecular flexibility index (Phi) is 4.42. The molecule has 0 amide bonds. The fourth-order valence-electron chi connectivity index (χ4n) is 1.17. The van der Waals surface area contributed by atoms with Gasteiger partial charge in [-0.3, -0.25) is 0 Å². The van der Waals surface area contributed by atoms with Crippen LogP contribution in [0.3, 0.4) is 0 Å². The van der Waals surface area contributed by atoms with E-state index in [1.54, 1.807) is 0 Å². The van der Waals surface area contributed by atoms with Gasteiger partial charge in [-0.2, -0.15) is 0 Å². The molecule has 0 fully saturated rings. The Morgan fingerprint density at radius 3 is 2.61 bits per heavy atom. The van der Waals surface area contributed by atoms with Crippen LogP contribution in [0.25, 0.3) is 6.08 Å². The Morgan fingerprint density at radius 2 is 2.06 bits per heavy atom. The Morgan fingerprint density at radius 1 is 1.39 bits per heavy atom. The molecule has 1 unspecified atom stereocenters. The van der Waals surface area contributed by atoms with Crippen LogP contribution >= 0.6 is 0 Å². The van der Waals surface area contributed by atoms with E-state index in [2.05, 4.69) is 0 Å². The number of carboxylic acid groups (broad SMARTS) is 2. The predicted molar refractivity (Wildman–Crippen MR) is 60.8 cm³/mol. The SMILES string of the molecule is CC(Oc1c(F)cccc1/C=C/C(=O)O)C(=O)O. The first-order valence-corrected chi connectivity index (χ1v) is 5.00. The number of benzene rings is 1. The molecule has 0 radical (unpaired) electrons. The minimum atomic E-state index is -1.24. The van der Waals surface area contributed by atoms with Crippen LogP contribution in [0.5, 0.6) is 5.75 Å². The Labute approximate surface area is 102 Å². The van der Waals surface area contributed by atoms with E-state index in [-0.39, 0.29) is 11.3 Å². The second-order valence-corrected chi connectivity index (χ2v) is 3.43. The van der Waals surface area contributed by atoms with Crippen LogP contribution in [0, 0.1) is 5.82 Å². The summed E-state index contributed by atoms with van der Waals surface area (Å²) in [6.45, 7) is 1.25. The molecule has 5 nitrogen and oxygen atoms in total. The summed E-state index contributed by atoms with van der Waals surface area (Å²) in [5.41, 5.74) is 0.158. The average molecular weight is 254 g/mol. The highest BCUT2D eigenvalue weighted by Gasteiger charge is 2.17. The molecule has 96 valence electrons. The predicted octanol–water partition coefficient (Wildman–Crippen LogP) is 1.78. The highest BCUT2D eigenvalue weighted by atomic mass is 19.1. The lowest BCUT2D eigenvalue weighted by molar-refractivity contribution is -0.144. The highest BCUT2D eigenvalue weighted by Crippen LogP contribution is 2.25. The molecule has 1 aromatic rings. The largest absolute Gasteiger partial charge is 0.479 e. The second-order valence-electron chi connectivity index (χ2n) is 3.43. The zero-order chi connectivity index (χ0) is 13.7. The third-order valence-corrected chi connectivity index (χ3v) is 2.05. The Balaban J connectivity index is 3.08. The van der Waals surface area contributed by atoms with Crippen molar-refractivity contribution in [2.24, 2.45) is 0 Å². The standard InChI is InChI=1S/C12H11FO5/c1-7(12(16)17)18-11-8(5-6-10(14)15)3-2-4-9(11)13/h2-7H,1H3,(H,14,15)(H,16,17)/b6-5+. The number of carbonyl (C=O) groups is 2. The molecule has 18 heavy (non-hydrogen) atoms. The van der Waals surface area contributed by atoms with E-state index in [1.165, 1.54) is 19.1 Å². The van der Waals surface area contributed by atoms with Crippen LogP contribution < -0.4 is 4.74 Å². The van der Waals surface area contributed by atoms with Crippen molar-refractivity contribution < 1.29 is 28.9 Å². The third-order valence-electron chi connectivity index (χ3n) is 2.05. The summed E-state index contributed by atoms with van der Waals surface area (Å²) in [4.78, 5) is 21.0. The first kappa shape index (κ1) is 13.7. The van der Waals surface area contributed by atoms with E-state index in [0.29, 0.717) is 0 Å². The summed E-state index contributed by atoms with van der Waals surface area (Å²) in [6.07, 6.45) is 0.710. The molecule has 0 saturated carbocycles. The lowest BCUT2D eigenvalue weighted by Gasteiger charge is -2.13. The van der Waals surface area contributed by atoms with Gasteiger partial charge in [0, 0.05) is 11.6 Å². The maximum atomic E-state index is 13.5. The quantitative estimate of drug-likeness (QED) is 0.782. The van der Waals surface area contributed by atoms with Gasteiger partial charge < -0.3 is 14.9 Å².